The van der Waals surface area contributed by atoms with Crippen molar-refractivity contribution in [1.29, 1.82) is 0 Å². The van der Waals surface area contributed by atoms with Gasteiger partial charge in [-0.3, -0.25) is 19.5 Å². The molecule has 0 spiro atoms. The molecule has 0 fully saturated rings. The van der Waals surface area contributed by atoms with E-state index >= 15 is 0 Å². The predicted octanol–water partition coefficient (Wildman–Crippen LogP) is 5.59. The summed E-state index contributed by atoms with van der Waals surface area (Å²) in [6.45, 7) is 6.34. The van der Waals surface area contributed by atoms with Gasteiger partial charge in [-0.1, -0.05) is 50.2 Å². The number of carbonyl (C=O) groups is 2. The van der Waals surface area contributed by atoms with Crippen molar-refractivity contribution in [2.24, 2.45) is 5.92 Å². The van der Waals surface area contributed by atoms with Crippen LogP contribution in [0.15, 0.2) is 85.1 Å². The summed E-state index contributed by atoms with van der Waals surface area (Å²) in [5.74, 6) is 0.867. The summed E-state index contributed by atoms with van der Waals surface area (Å²) in [7, 11) is 1.62. The molecule has 1 aromatic heterocycles. The maximum atomic E-state index is 13.3. The number of anilines is 1. The van der Waals surface area contributed by atoms with Gasteiger partial charge in [-0.05, 0) is 60.9 Å². The van der Waals surface area contributed by atoms with Crippen molar-refractivity contribution in [3.05, 3.63) is 96.2 Å². The molecule has 2 amide bonds. The number of para-hydroxylation sites is 1. The number of rotatable bonds is 9. The minimum atomic E-state index is -0.313. The number of benzene rings is 3. The van der Waals surface area contributed by atoms with Crippen LogP contribution in [-0.2, 0) is 4.79 Å². The summed E-state index contributed by atoms with van der Waals surface area (Å²) in [6.07, 6.45) is 1.89. The molecular formula is C30H32N4O3. The molecule has 0 aliphatic heterocycles. The van der Waals surface area contributed by atoms with Crippen LogP contribution in [0.25, 0.3) is 16.9 Å². The predicted molar refractivity (Wildman–Crippen MR) is 146 cm³/mol. The van der Waals surface area contributed by atoms with Crippen molar-refractivity contribution >= 4 is 17.8 Å². The van der Waals surface area contributed by atoms with E-state index in [4.69, 9.17) is 9.72 Å². The molecule has 190 valence electrons. The van der Waals surface area contributed by atoms with Crippen molar-refractivity contribution in [3.63, 3.8) is 0 Å². The van der Waals surface area contributed by atoms with Crippen LogP contribution in [0.4, 0.5) is 5.95 Å². The minimum absolute atomic E-state index is 0.0785. The molecule has 0 saturated heterocycles. The second-order valence-corrected chi connectivity index (χ2v) is 9.33. The molecule has 0 aliphatic rings. The van der Waals surface area contributed by atoms with Crippen LogP contribution in [0, 0.1) is 12.8 Å². The molecule has 4 rings (SSSR count). The SMILES string of the molecule is COc1ccc(-c2cn(-c3ccccc3)c(NC(=O)CN(CC(C)C)C(=O)c3ccccc3C)n2)cc1. The lowest BCUT2D eigenvalue weighted by Crippen LogP contribution is -2.40. The van der Waals surface area contributed by atoms with Crippen molar-refractivity contribution in [2.75, 3.05) is 25.5 Å². The Hall–Kier alpha value is -4.39. The Labute approximate surface area is 217 Å². The number of hydrogen-bond donors (Lipinski definition) is 1. The molecule has 0 atom stereocenters. The number of hydrogen-bond acceptors (Lipinski definition) is 4. The fourth-order valence-corrected chi connectivity index (χ4v) is 4.14. The number of imidazole rings is 1. The lowest BCUT2D eigenvalue weighted by molar-refractivity contribution is -0.117. The summed E-state index contributed by atoms with van der Waals surface area (Å²) in [5.41, 5.74) is 3.94. The Kier molecular flexibility index (Phi) is 8.03. The fourth-order valence-electron chi connectivity index (χ4n) is 4.14. The van der Waals surface area contributed by atoms with Gasteiger partial charge in [0.2, 0.25) is 11.9 Å². The average Bonchev–Trinajstić information content (AvgIpc) is 3.32. The fraction of sp³-hybridized carbons (Fsp3) is 0.233. The van der Waals surface area contributed by atoms with E-state index in [2.05, 4.69) is 5.32 Å². The number of nitrogens with one attached hydrogen (secondary N) is 1. The van der Waals surface area contributed by atoms with Gasteiger partial charge < -0.3 is 9.64 Å². The molecule has 37 heavy (non-hydrogen) atoms. The standard InChI is InChI=1S/C30H32N4O3/c1-21(2)18-33(29(36)26-13-9-8-10-22(26)3)20-28(35)32-30-31-27(23-14-16-25(37-4)17-15-23)19-34(30)24-11-6-5-7-12-24/h5-17,19,21H,18,20H2,1-4H3,(H,31,32,35). The number of carbonyl (C=O) groups excluding carboxylic acids is 2. The Bertz CT molecular complexity index is 1360. The number of nitrogens with zero attached hydrogens (tertiary/aromatic N) is 3. The summed E-state index contributed by atoms with van der Waals surface area (Å²) in [6, 6.07) is 24.7. The topological polar surface area (TPSA) is 76.5 Å². The average molecular weight is 497 g/mol. The van der Waals surface area contributed by atoms with Crippen molar-refractivity contribution < 1.29 is 14.3 Å². The van der Waals surface area contributed by atoms with E-state index in [0.29, 0.717) is 23.8 Å². The number of ether oxygens (including phenoxy) is 1. The van der Waals surface area contributed by atoms with Crippen LogP contribution in [0.5, 0.6) is 5.75 Å². The third kappa shape index (κ3) is 6.25. The van der Waals surface area contributed by atoms with E-state index in [1.54, 1.807) is 18.1 Å². The van der Waals surface area contributed by atoms with Crippen LogP contribution in [0.3, 0.4) is 0 Å². The monoisotopic (exact) mass is 496 g/mol. The number of amides is 2. The highest BCUT2D eigenvalue weighted by molar-refractivity contribution is 6.00. The van der Waals surface area contributed by atoms with E-state index in [-0.39, 0.29) is 24.3 Å². The van der Waals surface area contributed by atoms with E-state index in [0.717, 1.165) is 22.6 Å². The van der Waals surface area contributed by atoms with Crippen LogP contribution < -0.4 is 10.1 Å². The van der Waals surface area contributed by atoms with E-state index in [1.165, 1.54) is 0 Å². The summed E-state index contributed by atoms with van der Waals surface area (Å²) in [5, 5.41) is 2.94. The van der Waals surface area contributed by atoms with Crippen molar-refractivity contribution in [1.82, 2.24) is 14.5 Å². The zero-order valence-corrected chi connectivity index (χ0v) is 21.6. The Morgan fingerprint density at radius 3 is 2.30 bits per heavy atom. The van der Waals surface area contributed by atoms with Gasteiger partial charge in [-0.25, -0.2) is 4.98 Å². The summed E-state index contributed by atoms with van der Waals surface area (Å²) in [4.78, 5) is 32.9. The third-order valence-electron chi connectivity index (χ3n) is 5.96. The molecular weight excluding hydrogens is 464 g/mol. The molecule has 0 saturated carbocycles. The number of methoxy groups -OCH3 is 1. The largest absolute Gasteiger partial charge is 0.497 e. The number of aryl methyl sites for hydroxylation is 1. The second-order valence-electron chi connectivity index (χ2n) is 9.33. The first-order valence-corrected chi connectivity index (χ1v) is 12.3. The quantitative estimate of drug-likeness (QED) is 0.328. The van der Waals surface area contributed by atoms with Crippen LogP contribution >= 0.6 is 0 Å². The molecule has 1 N–H and O–H groups in total. The maximum absolute atomic E-state index is 13.3. The Morgan fingerprint density at radius 2 is 1.65 bits per heavy atom. The highest BCUT2D eigenvalue weighted by Crippen LogP contribution is 2.26. The van der Waals surface area contributed by atoms with Gasteiger partial charge in [0, 0.05) is 29.6 Å². The molecule has 4 aromatic rings. The van der Waals surface area contributed by atoms with Gasteiger partial charge in [0.05, 0.1) is 12.8 Å². The first kappa shape index (κ1) is 25.7. The van der Waals surface area contributed by atoms with E-state index in [9.17, 15) is 9.59 Å². The van der Waals surface area contributed by atoms with Gasteiger partial charge in [0.1, 0.15) is 12.3 Å². The van der Waals surface area contributed by atoms with Crippen molar-refractivity contribution in [3.8, 4) is 22.7 Å². The van der Waals surface area contributed by atoms with E-state index < -0.39 is 0 Å². The molecule has 0 radical (unpaired) electrons. The van der Waals surface area contributed by atoms with Crippen LogP contribution in [0.2, 0.25) is 0 Å². The Balaban J connectivity index is 1.61. The smallest absolute Gasteiger partial charge is 0.254 e. The summed E-state index contributed by atoms with van der Waals surface area (Å²) < 4.78 is 7.10. The van der Waals surface area contributed by atoms with Gasteiger partial charge >= 0.3 is 0 Å². The van der Waals surface area contributed by atoms with E-state index in [1.807, 2.05) is 104 Å². The highest BCUT2D eigenvalue weighted by atomic mass is 16.5. The van der Waals surface area contributed by atoms with Crippen LogP contribution in [-0.4, -0.2) is 46.5 Å². The zero-order chi connectivity index (χ0) is 26.4. The van der Waals surface area contributed by atoms with Gasteiger partial charge in [-0.2, -0.15) is 0 Å². The summed E-state index contributed by atoms with van der Waals surface area (Å²) >= 11 is 0. The molecule has 7 nitrogen and oxygen atoms in total. The first-order valence-electron chi connectivity index (χ1n) is 12.3. The molecule has 0 aliphatic carbocycles. The number of aromatic nitrogens is 2. The van der Waals surface area contributed by atoms with Crippen molar-refractivity contribution in [2.45, 2.75) is 20.8 Å². The molecule has 1 heterocycles. The molecule has 0 bridgehead atoms. The zero-order valence-electron chi connectivity index (χ0n) is 21.6. The van der Waals surface area contributed by atoms with Crippen LogP contribution in [0.1, 0.15) is 29.8 Å². The first-order chi connectivity index (χ1) is 17.9. The lowest BCUT2D eigenvalue weighted by Gasteiger charge is -2.25. The molecule has 7 heteroatoms. The molecule has 0 unspecified atom stereocenters. The lowest BCUT2D eigenvalue weighted by atomic mass is 10.1. The normalized spacial score (nSPS) is 10.8. The van der Waals surface area contributed by atoms with Gasteiger partial charge in [0.15, 0.2) is 0 Å². The van der Waals surface area contributed by atoms with Gasteiger partial charge in [0.25, 0.3) is 5.91 Å². The third-order valence-corrected chi connectivity index (χ3v) is 5.96. The maximum Gasteiger partial charge on any atom is 0.254 e. The Morgan fingerprint density at radius 1 is 0.973 bits per heavy atom. The second kappa shape index (κ2) is 11.6. The molecule has 3 aromatic carbocycles. The minimum Gasteiger partial charge on any atom is -0.497 e. The highest BCUT2D eigenvalue weighted by Gasteiger charge is 2.22. The van der Waals surface area contributed by atoms with Gasteiger partial charge in [-0.15, -0.1) is 0 Å².